The predicted octanol–water partition coefficient (Wildman–Crippen LogP) is 3.83. The van der Waals surface area contributed by atoms with Crippen LogP contribution in [-0.2, 0) is 4.79 Å². The second kappa shape index (κ2) is 4.25. The van der Waals surface area contributed by atoms with E-state index in [2.05, 4.69) is 39.1 Å². The van der Waals surface area contributed by atoms with Gasteiger partial charge in [-0.05, 0) is 29.0 Å². The Bertz CT molecular complexity index is 570. The second-order valence-corrected chi connectivity index (χ2v) is 6.60. The van der Waals surface area contributed by atoms with Crippen molar-refractivity contribution in [3.8, 4) is 6.07 Å². The third-order valence-corrected chi connectivity index (χ3v) is 4.88. The highest BCUT2D eigenvalue weighted by Crippen LogP contribution is 2.68. The van der Waals surface area contributed by atoms with Crippen molar-refractivity contribution in [2.45, 2.75) is 27.7 Å². The van der Waals surface area contributed by atoms with Crippen LogP contribution in [0.4, 0.5) is 5.69 Å². The van der Waals surface area contributed by atoms with E-state index in [0.717, 1.165) is 0 Å². The lowest BCUT2D eigenvalue weighted by atomic mass is 10.0. The van der Waals surface area contributed by atoms with Crippen molar-refractivity contribution < 1.29 is 4.79 Å². The van der Waals surface area contributed by atoms with Gasteiger partial charge in [0.25, 0.3) is 0 Å². The lowest BCUT2D eigenvalue weighted by Crippen LogP contribution is -2.18. The number of nitrogens with one attached hydrogen (secondary N) is 1. The van der Waals surface area contributed by atoms with Gasteiger partial charge in [0.1, 0.15) is 6.07 Å². The van der Waals surface area contributed by atoms with E-state index in [4.69, 9.17) is 16.9 Å². The standard InChI is InChI=1S/C15H17ClN2O/c1-14(2)12(15(14,3)4)13(19)18-11-7-10(16)6-5-9(11)8-17/h5-7,12H,1-4H3,(H,18,19). The van der Waals surface area contributed by atoms with E-state index in [9.17, 15) is 4.79 Å². The number of nitrogens with zero attached hydrogens (tertiary/aromatic N) is 1. The summed E-state index contributed by atoms with van der Waals surface area (Å²) in [7, 11) is 0. The average Bonchev–Trinajstić information content (AvgIpc) is 2.69. The Kier molecular flexibility index (Phi) is 3.10. The Balaban J connectivity index is 2.22. The van der Waals surface area contributed by atoms with Gasteiger partial charge in [0.05, 0.1) is 11.3 Å². The van der Waals surface area contributed by atoms with Crippen molar-refractivity contribution in [1.82, 2.24) is 0 Å². The van der Waals surface area contributed by atoms with Crippen LogP contribution in [0.1, 0.15) is 33.3 Å². The zero-order valence-corrected chi connectivity index (χ0v) is 12.3. The highest BCUT2D eigenvalue weighted by Gasteiger charge is 2.68. The van der Waals surface area contributed by atoms with Gasteiger partial charge in [-0.2, -0.15) is 5.26 Å². The number of hydrogen-bond acceptors (Lipinski definition) is 2. The van der Waals surface area contributed by atoms with Crippen molar-refractivity contribution in [2.24, 2.45) is 16.7 Å². The van der Waals surface area contributed by atoms with Crippen molar-refractivity contribution in [2.75, 3.05) is 5.32 Å². The first-order valence-corrected chi connectivity index (χ1v) is 6.60. The van der Waals surface area contributed by atoms with Crippen LogP contribution in [0.15, 0.2) is 18.2 Å². The van der Waals surface area contributed by atoms with E-state index in [1.54, 1.807) is 18.2 Å². The van der Waals surface area contributed by atoms with E-state index < -0.39 is 0 Å². The molecule has 2 rings (SSSR count). The van der Waals surface area contributed by atoms with E-state index in [-0.39, 0.29) is 22.7 Å². The van der Waals surface area contributed by atoms with Gasteiger partial charge in [-0.1, -0.05) is 39.3 Å². The largest absolute Gasteiger partial charge is 0.325 e. The molecule has 1 aromatic carbocycles. The number of anilines is 1. The fourth-order valence-electron chi connectivity index (χ4n) is 2.77. The lowest BCUT2D eigenvalue weighted by molar-refractivity contribution is -0.118. The fourth-order valence-corrected chi connectivity index (χ4v) is 2.95. The monoisotopic (exact) mass is 276 g/mol. The molecule has 0 radical (unpaired) electrons. The normalized spacial score (nSPS) is 19.6. The van der Waals surface area contributed by atoms with Crippen molar-refractivity contribution in [1.29, 1.82) is 5.26 Å². The third kappa shape index (κ3) is 2.11. The summed E-state index contributed by atoms with van der Waals surface area (Å²) in [5, 5.41) is 12.4. The molecule has 0 saturated heterocycles. The van der Waals surface area contributed by atoms with Crippen molar-refractivity contribution >= 4 is 23.2 Å². The zero-order valence-electron chi connectivity index (χ0n) is 11.5. The molecule has 0 bridgehead atoms. The number of carbonyl (C=O) groups is 1. The molecular formula is C15H17ClN2O. The maximum Gasteiger partial charge on any atom is 0.228 e. The molecule has 1 amide bonds. The first-order valence-electron chi connectivity index (χ1n) is 6.22. The molecule has 0 unspecified atom stereocenters. The van der Waals surface area contributed by atoms with Gasteiger partial charge in [0, 0.05) is 10.9 Å². The molecule has 4 heteroatoms. The number of rotatable bonds is 2. The van der Waals surface area contributed by atoms with Crippen LogP contribution in [0.5, 0.6) is 0 Å². The highest BCUT2D eigenvalue weighted by molar-refractivity contribution is 6.31. The Labute approximate surface area is 118 Å². The number of carbonyl (C=O) groups excluding carboxylic acids is 1. The first-order chi connectivity index (χ1) is 8.71. The van der Waals surface area contributed by atoms with Gasteiger partial charge in [0.15, 0.2) is 0 Å². The summed E-state index contributed by atoms with van der Waals surface area (Å²) in [5.74, 6) is -0.0979. The van der Waals surface area contributed by atoms with Crippen LogP contribution >= 0.6 is 11.6 Å². The minimum absolute atomic E-state index is 0.0253. The lowest BCUT2D eigenvalue weighted by Gasteiger charge is -2.08. The molecule has 0 heterocycles. The van der Waals surface area contributed by atoms with Gasteiger partial charge in [-0.25, -0.2) is 0 Å². The maximum absolute atomic E-state index is 12.3. The Hall–Kier alpha value is -1.53. The van der Waals surface area contributed by atoms with Gasteiger partial charge in [0.2, 0.25) is 5.91 Å². The predicted molar refractivity (Wildman–Crippen MR) is 75.8 cm³/mol. The topological polar surface area (TPSA) is 52.9 Å². The second-order valence-electron chi connectivity index (χ2n) is 6.17. The maximum atomic E-state index is 12.3. The SMILES string of the molecule is CC1(C)C(C(=O)Nc2cc(Cl)ccc2C#N)C1(C)C. The highest BCUT2D eigenvalue weighted by atomic mass is 35.5. The van der Waals surface area contributed by atoms with Crippen molar-refractivity contribution in [3.63, 3.8) is 0 Å². The van der Waals surface area contributed by atoms with Crippen LogP contribution in [0.3, 0.4) is 0 Å². The quantitative estimate of drug-likeness (QED) is 0.892. The summed E-state index contributed by atoms with van der Waals surface area (Å²) in [4.78, 5) is 12.3. The fraction of sp³-hybridized carbons (Fsp3) is 0.467. The molecule has 1 N–H and O–H groups in total. The molecule has 1 aliphatic rings. The van der Waals surface area contributed by atoms with Crippen LogP contribution in [0.2, 0.25) is 5.02 Å². The Morgan fingerprint density at radius 2 is 1.89 bits per heavy atom. The molecule has 1 saturated carbocycles. The summed E-state index contributed by atoms with van der Waals surface area (Å²) in [6.45, 7) is 8.34. The van der Waals surface area contributed by atoms with E-state index in [1.165, 1.54) is 0 Å². The summed E-state index contributed by atoms with van der Waals surface area (Å²) < 4.78 is 0. The third-order valence-electron chi connectivity index (χ3n) is 4.64. The van der Waals surface area contributed by atoms with Crippen LogP contribution in [-0.4, -0.2) is 5.91 Å². The summed E-state index contributed by atoms with van der Waals surface area (Å²) in [5.41, 5.74) is 0.859. The summed E-state index contributed by atoms with van der Waals surface area (Å²) in [6, 6.07) is 6.92. The van der Waals surface area contributed by atoms with Crippen LogP contribution in [0, 0.1) is 28.1 Å². The molecule has 3 nitrogen and oxygen atoms in total. The number of nitriles is 1. The molecule has 1 fully saturated rings. The number of benzene rings is 1. The number of amides is 1. The molecule has 0 aliphatic heterocycles. The Morgan fingerprint density at radius 3 is 2.37 bits per heavy atom. The van der Waals surface area contributed by atoms with Gasteiger partial charge in [-0.15, -0.1) is 0 Å². The summed E-state index contributed by atoms with van der Waals surface area (Å²) in [6.07, 6.45) is 0. The Morgan fingerprint density at radius 1 is 1.32 bits per heavy atom. The van der Waals surface area contributed by atoms with Crippen molar-refractivity contribution in [3.05, 3.63) is 28.8 Å². The molecule has 0 atom stereocenters. The molecule has 0 spiro atoms. The van der Waals surface area contributed by atoms with Gasteiger partial charge >= 0.3 is 0 Å². The number of hydrogen-bond donors (Lipinski definition) is 1. The molecule has 1 aliphatic carbocycles. The molecular weight excluding hydrogens is 260 g/mol. The molecule has 0 aromatic heterocycles. The zero-order chi connectivity index (χ0) is 14.4. The molecule has 100 valence electrons. The average molecular weight is 277 g/mol. The van der Waals surface area contributed by atoms with Crippen LogP contribution < -0.4 is 5.32 Å². The van der Waals surface area contributed by atoms with Crippen LogP contribution in [0.25, 0.3) is 0 Å². The minimum Gasteiger partial charge on any atom is -0.325 e. The molecule has 1 aromatic rings. The van der Waals surface area contributed by atoms with E-state index in [0.29, 0.717) is 16.3 Å². The molecule has 19 heavy (non-hydrogen) atoms. The van der Waals surface area contributed by atoms with Gasteiger partial charge < -0.3 is 5.32 Å². The minimum atomic E-state index is -0.0504. The van der Waals surface area contributed by atoms with Gasteiger partial charge in [-0.3, -0.25) is 4.79 Å². The van der Waals surface area contributed by atoms with E-state index >= 15 is 0 Å². The number of halogens is 1. The smallest absolute Gasteiger partial charge is 0.228 e. The summed E-state index contributed by atoms with van der Waals surface area (Å²) >= 11 is 5.90. The van der Waals surface area contributed by atoms with E-state index in [1.807, 2.05) is 0 Å². The first kappa shape index (κ1) is 13.9.